The van der Waals surface area contributed by atoms with Gasteiger partial charge in [0.25, 0.3) is 0 Å². The number of halogens is 2. The van der Waals surface area contributed by atoms with E-state index in [0.29, 0.717) is 21.4 Å². The van der Waals surface area contributed by atoms with E-state index in [-0.39, 0.29) is 5.75 Å². The van der Waals surface area contributed by atoms with Crippen molar-refractivity contribution in [2.75, 3.05) is 7.11 Å². The minimum atomic E-state index is -3.54. The summed E-state index contributed by atoms with van der Waals surface area (Å²) < 4.78 is 32.6. The van der Waals surface area contributed by atoms with Crippen molar-refractivity contribution in [1.29, 1.82) is 0 Å². The van der Waals surface area contributed by atoms with Gasteiger partial charge >= 0.3 is 0 Å². The molecule has 0 saturated carbocycles. The van der Waals surface area contributed by atoms with Gasteiger partial charge in [0.2, 0.25) is 10.0 Å². The van der Waals surface area contributed by atoms with Gasteiger partial charge in [-0.15, -0.1) is 0 Å². The van der Waals surface area contributed by atoms with E-state index in [1.165, 1.54) is 0 Å². The van der Waals surface area contributed by atoms with Gasteiger partial charge in [0.15, 0.2) is 0 Å². The van der Waals surface area contributed by atoms with E-state index >= 15 is 0 Å². The Bertz CT molecular complexity index is 794. The van der Waals surface area contributed by atoms with Crippen LogP contribution in [0.15, 0.2) is 42.5 Å². The monoisotopic (exact) mass is 373 g/mol. The van der Waals surface area contributed by atoms with Crippen molar-refractivity contribution in [2.45, 2.75) is 18.7 Å². The van der Waals surface area contributed by atoms with Crippen LogP contribution in [-0.2, 0) is 15.8 Å². The Morgan fingerprint density at radius 2 is 1.83 bits per heavy atom. The number of nitrogens with one attached hydrogen (secondary N) is 1. The molecule has 0 amide bonds. The molecule has 124 valence electrons. The molecule has 2 rings (SSSR count). The molecule has 0 aliphatic carbocycles. The zero-order valence-electron chi connectivity index (χ0n) is 12.7. The number of para-hydroxylation sites is 1. The van der Waals surface area contributed by atoms with Gasteiger partial charge in [-0.2, -0.15) is 0 Å². The van der Waals surface area contributed by atoms with Crippen LogP contribution in [0.5, 0.6) is 5.75 Å². The van der Waals surface area contributed by atoms with Crippen LogP contribution in [0.25, 0.3) is 0 Å². The Labute approximate surface area is 146 Å². The lowest BCUT2D eigenvalue weighted by Crippen LogP contribution is -2.28. The van der Waals surface area contributed by atoms with E-state index < -0.39 is 16.1 Å². The molecular weight excluding hydrogens is 357 g/mol. The molecule has 0 aliphatic heterocycles. The molecule has 0 fully saturated rings. The fraction of sp³-hybridized carbons (Fsp3) is 0.250. The van der Waals surface area contributed by atoms with Gasteiger partial charge in [-0.3, -0.25) is 0 Å². The third-order valence-corrected chi connectivity index (χ3v) is 5.47. The van der Waals surface area contributed by atoms with Gasteiger partial charge in [0, 0.05) is 11.6 Å². The summed E-state index contributed by atoms with van der Waals surface area (Å²) in [5.74, 6) is 0.459. The van der Waals surface area contributed by atoms with Gasteiger partial charge in [-0.25, -0.2) is 13.1 Å². The average molecular weight is 374 g/mol. The molecule has 4 nitrogen and oxygen atoms in total. The van der Waals surface area contributed by atoms with Crippen molar-refractivity contribution in [3.05, 3.63) is 63.6 Å². The van der Waals surface area contributed by atoms with Crippen LogP contribution < -0.4 is 9.46 Å². The Hall–Kier alpha value is -1.27. The minimum absolute atomic E-state index is 0.177. The van der Waals surface area contributed by atoms with Crippen molar-refractivity contribution in [3.63, 3.8) is 0 Å². The first-order chi connectivity index (χ1) is 10.8. The van der Waals surface area contributed by atoms with E-state index in [4.69, 9.17) is 27.9 Å². The second-order valence-electron chi connectivity index (χ2n) is 5.09. The van der Waals surface area contributed by atoms with Crippen molar-refractivity contribution >= 4 is 33.2 Å². The summed E-state index contributed by atoms with van der Waals surface area (Å²) in [7, 11) is -1.99. The Morgan fingerprint density at radius 1 is 1.13 bits per heavy atom. The Morgan fingerprint density at radius 3 is 2.48 bits per heavy atom. The highest BCUT2D eigenvalue weighted by Gasteiger charge is 2.19. The van der Waals surface area contributed by atoms with Crippen LogP contribution in [0.2, 0.25) is 10.0 Å². The molecule has 0 aromatic heterocycles. The van der Waals surface area contributed by atoms with Crippen LogP contribution in [0.3, 0.4) is 0 Å². The number of methoxy groups -OCH3 is 1. The molecule has 0 spiro atoms. The third-order valence-electron chi connectivity index (χ3n) is 3.30. The fourth-order valence-electron chi connectivity index (χ4n) is 2.25. The number of benzene rings is 2. The molecule has 1 N–H and O–H groups in total. The molecule has 0 saturated heterocycles. The maximum atomic E-state index is 12.4. The van der Waals surface area contributed by atoms with E-state index in [1.807, 2.05) is 18.2 Å². The summed E-state index contributed by atoms with van der Waals surface area (Å²) in [6, 6.07) is 11.6. The van der Waals surface area contributed by atoms with Crippen molar-refractivity contribution in [1.82, 2.24) is 4.72 Å². The van der Waals surface area contributed by atoms with E-state index in [0.717, 1.165) is 5.56 Å². The summed E-state index contributed by atoms with van der Waals surface area (Å²) in [5, 5.41) is 0.723. The average Bonchev–Trinajstić information content (AvgIpc) is 2.50. The summed E-state index contributed by atoms with van der Waals surface area (Å²) in [5.41, 5.74) is 1.34. The zero-order valence-corrected chi connectivity index (χ0v) is 15.0. The highest BCUT2D eigenvalue weighted by Crippen LogP contribution is 2.26. The number of sulfonamides is 1. The maximum absolute atomic E-state index is 12.4. The van der Waals surface area contributed by atoms with Crippen LogP contribution >= 0.6 is 23.2 Å². The Kier molecular flexibility index (Phi) is 5.92. The smallest absolute Gasteiger partial charge is 0.216 e. The number of hydrogen-bond donors (Lipinski definition) is 1. The van der Waals surface area contributed by atoms with E-state index in [2.05, 4.69) is 4.72 Å². The molecule has 23 heavy (non-hydrogen) atoms. The zero-order chi connectivity index (χ0) is 17.0. The maximum Gasteiger partial charge on any atom is 0.216 e. The first-order valence-corrected chi connectivity index (χ1v) is 9.30. The van der Waals surface area contributed by atoms with Crippen LogP contribution in [0.4, 0.5) is 0 Å². The molecule has 0 radical (unpaired) electrons. The van der Waals surface area contributed by atoms with Crippen molar-refractivity contribution in [2.24, 2.45) is 0 Å². The largest absolute Gasteiger partial charge is 0.496 e. The van der Waals surface area contributed by atoms with Crippen LogP contribution in [-0.4, -0.2) is 15.5 Å². The molecule has 0 aliphatic rings. The number of hydrogen-bond acceptors (Lipinski definition) is 3. The molecule has 0 heterocycles. The number of rotatable bonds is 6. The normalized spacial score (nSPS) is 12.9. The lowest BCUT2D eigenvalue weighted by Gasteiger charge is -2.17. The molecule has 2 aromatic rings. The first-order valence-electron chi connectivity index (χ1n) is 6.89. The molecule has 7 heteroatoms. The number of ether oxygens (including phenoxy) is 1. The summed E-state index contributed by atoms with van der Waals surface area (Å²) >= 11 is 11.8. The van der Waals surface area contributed by atoms with E-state index in [9.17, 15) is 8.42 Å². The van der Waals surface area contributed by atoms with Gasteiger partial charge < -0.3 is 4.74 Å². The molecule has 1 atom stereocenters. The predicted molar refractivity (Wildman–Crippen MR) is 93.6 cm³/mol. The fourth-order valence-corrected chi connectivity index (χ4v) is 3.94. The van der Waals surface area contributed by atoms with E-state index in [1.54, 1.807) is 38.3 Å². The highest BCUT2D eigenvalue weighted by atomic mass is 35.5. The lowest BCUT2D eigenvalue weighted by molar-refractivity contribution is 0.405. The molecule has 0 unspecified atom stereocenters. The second-order valence-corrected chi connectivity index (χ2v) is 7.66. The molecular formula is C16H17Cl2NO3S. The SMILES string of the molecule is COc1ccccc1[C@H](C)NS(=O)(=O)Cc1ccc(Cl)c(Cl)c1. The van der Waals surface area contributed by atoms with Gasteiger partial charge in [-0.05, 0) is 30.7 Å². The van der Waals surface area contributed by atoms with Crippen LogP contribution in [0, 0.1) is 0 Å². The second kappa shape index (κ2) is 7.53. The predicted octanol–water partition coefficient (Wildman–Crippen LogP) is 4.18. The van der Waals surface area contributed by atoms with Crippen LogP contribution in [0.1, 0.15) is 24.1 Å². The first kappa shape index (κ1) is 18.1. The van der Waals surface area contributed by atoms with Crippen molar-refractivity contribution in [3.8, 4) is 5.75 Å². The summed E-state index contributed by atoms with van der Waals surface area (Å²) in [6.45, 7) is 1.77. The quantitative estimate of drug-likeness (QED) is 0.825. The third kappa shape index (κ3) is 4.85. The molecule has 0 bridgehead atoms. The van der Waals surface area contributed by atoms with Crippen molar-refractivity contribution < 1.29 is 13.2 Å². The van der Waals surface area contributed by atoms with Gasteiger partial charge in [0.05, 0.1) is 22.9 Å². The minimum Gasteiger partial charge on any atom is -0.496 e. The summed E-state index contributed by atoms with van der Waals surface area (Å²) in [4.78, 5) is 0. The molecule has 2 aromatic carbocycles. The Balaban J connectivity index is 2.15. The van der Waals surface area contributed by atoms with Gasteiger partial charge in [0.1, 0.15) is 5.75 Å². The highest BCUT2D eigenvalue weighted by molar-refractivity contribution is 7.88. The van der Waals surface area contributed by atoms with Gasteiger partial charge in [-0.1, -0.05) is 47.5 Å². The standard InChI is InChI=1S/C16H17Cl2NO3S/c1-11(13-5-3-4-6-16(13)22-2)19-23(20,21)10-12-7-8-14(17)15(18)9-12/h3-9,11,19H,10H2,1-2H3/t11-/m0/s1. The lowest BCUT2D eigenvalue weighted by atomic mass is 10.1. The topological polar surface area (TPSA) is 55.4 Å². The summed E-state index contributed by atoms with van der Waals surface area (Å²) in [6.07, 6.45) is 0.